The van der Waals surface area contributed by atoms with Crippen LogP contribution in [0.5, 0.6) is 0 Å². The Bertz CT molecular complexity index is 535. The summed E-state index contributed by atoms with van der Waals surface area (Å²) in [6.07, 6.45) is 0. The predicted octanol–water partition coefficient (Wildman–Crippen LogP) is 1.17. The first-order valence-electron chi connectivity index (χ1n) is 6.48. The molecule has 0 bridgehead atoms. The first-order chi connectivity index (χ1) is 8.83. The highest BCUT2D eigenvalue weighted by Gasteiger charge is 2.33. The molecule has 1 N–H and O–H groups in total. The first kappa shape index (κ1) is 11.5. The fourth-order valence-electron chi connectivity index (χ4n) is 2.92. The minimum Gasteiger partial charge on any atom is -0.570 e. The van der Waals surface area contributed by atoms with E-state index in [0.29, 0.717) is 0 Å². The van der Waals surface area contributed by atoms with Gasteiger partial charge in [-0.3, -0.25) is 0 Å². The minimum atomic E-state index is -1.24. The molecular weight excluding hydrogens is 221 g/mol. The summed E-state index contributed by atoms with van der Waals surface area (Å²) in [7, 11) is 0. The lowest BCUT2D eigenvalue weighted by atomic mass is 9.41. The third kappa shape index (κ3) is 1.76. The van der Waals surface area contributed by atoms with Crippen LogP contribution >= 0.6 is 0 Å². The smallest absolute Gasteiger partial charge is 0.239 e. The SMILES string of the molecule is Cc1ccccc1[B-]1(c2ccccc2)NCCO1. The Balaban J connectivity index is 2.16. The van der Waals surface area contributed by atoms with E-state index in [1.165, 1.54) is 16.5 Å². The average Bonchev–Trinajstić information content (AvgIpc) is 2.91. The average molecular weight is 238 g/mol. The number of rotatable bonds is 2. The maximum atomic E-state index is 6.14. The van der Waals surface area contributed by atoms with E-state index < -0.39 is 6.48 Å². The molecule has 0 radical (unpaired) electrons. The van der Waals surface area contributed by atoms with Crippen LogP contribution in [0.1, 0.15) is 5.56 Å². The Morgan fingerprint density at radius 1 is 1.00 bits per heavy atom. The van der Waals surface area contributed by atoms with Crippen LogP contribution in [0.3, 0.4) is 0 Å². The summed E-state index contributed by atoms with van der Waals surface area (Å²) in [5.41, 5.74) is 3.77. The summed E-state index contributed by atoms with van der Waals surface area (Å²) >= 11 is 0. The normalized spacial score (nSPS) is 23.2. The van der Waals surface area contributed by atoms with E-state index in [9.17, 15) is 0 Å². The molecular formula is C15H17BNO-. The van der Waals surface area contributed by atoms with Gasteiger partial charge in [0.15, 0.2) is 0 Å². The number of nitrogens with one attached hydrogen (secondary N) is 1. The van der Waals surface area contributed by atoms with Crippen molar-refractivity contribution in [3.05, 3.63) is 60.2 Å². The van der Waals surface area contributed by atoms with Crippen molar-refractivity contribution in [2.75, 3.05) is 13.2 Å². The van der Waals surface area contributed by atoms with Gasteiger partial charge in [0.2, 0.25) is 6.48 Å². The van der Waals surface area contributed by atoms with Crippen LogP contribution in [0.4, 0.5) is 0 Å². The molecule has 2 aromatic rings. The van der Waals surface area contributed by atoms with E-state index >= 15 is 0 Å². The Labute approximate surface area is 108 Å². The highest BCUT2D eigenvalue weighted by molar-refractivity contribution is 6.96. The second-order valence-electron chi connectivity index (χ2n) is 4.88. The number of hydrogen-bond donors (Lipinski definition) is 1. The fraction of sp³-hybridized carbons (Fsp3) is 0.200. The largest absolute Gasteiger partial charge is 0.570 e. The molecule has 0 aliphatic carbocycles. The van der Waals surface area contributed by atoms with Gasteiger partial charge in [-0.05, 0) is 13.5 Å². The number of hydrogen-bond acceptors (Lipinski definition) is 2. The second kappa shape index (κ2) is 4.60. The van der Waals surface area contributed by atoms with Gasteiger partial charge in [0.05, 0.1) is 0 Å². The molecule has 2 aromatic carbocycles. The molecule has 18 heavy (non-hydrogen) atoms. The zero-order chi connectivity index (χ0) is 12.4. The highest BCUT2D eigenvalue weighted by Crippen LogP contribution is 2.11. The lowest BCUT2D eigenvalue weighted by Gasteiger charge is -2.38. The van der Waals surface area contributed by atoms with Gasteiger partial charge >= 0.3 is 0 Å². The van der Waals surface area contributed by atoms with Crippen LogP contribution < -0.4 is 16.2 Å². The van der Waals surface area contributed by atoms with Crippen LogP contribution in [0, 0.1) is 6.92 Å². The van der Waals surface area contributed by atoms with E-state index in [-0.39, 0.29) is 0 Å². The van der Waals surface area contributed by atoms with Gasteiger partial charge in [0, 0.05) is 6.61 Å². The minimum absolute atomic E-state index is 0.767. The molecule has 1 unspecified atom stereocenters. The lowest BCUT2D eigenvalue weighted by molar-refractivity contribution is 0.367. The Kier molecular flexibility index (Phi) is 2.94. The fourth-order valence-corrected chi connectivity index (χ4v) is 2.92. The van der Waals surface area contributed by atoms with Gasteiger partial charge in [-0.25, -0.2) is 0 Å². The Morgan fingerprint density at radius 2 is 1.72 bits per heavy atom. The van der Waals surface area contributed by atoms with Crippen LogP contribution in [0.25, 0.3) is 0 Å². The van der Waals surface area contributed by atoms with E-state index in [0.717, 1.165) is 13.2 Å². The first-order valence-corrected chi connectivity index (χ1v) is 6.48. The van der Waals surface area contributed by atoms with Crippen LogP contribution in [-0.2, 0) is 4.65 Å². The van der Waals surface area contributed by atoms with Crippen LogP contribution in [0.15, 0.2) is 54.6 Å². The molecule has 1 fully saturated rings. The molecule has 0 amide bonds. The van der Waals surface area contributed by atoms with E-state index in [1.807, 2.05) is 6.07 Å². The summed E-state index contributed by atoms with van der Waals surface area (Å²) in [5, 5.41) is 3.58. The maximum Gasteiger partial charge on any atom is 0.239 e. The molecule has 3 rings (SSSR count). The lowest BCUT2D eigenvalue weighted by Crippen LogP contribution is -2.67. The summed E-state index contributed by atoms with van der Waals surface area (Å²) in [5.74, 6) is 0. The summed E-state index contributed by atoms with van der Waals surface area (Å²) in [6, 6.07) is 18.9. The molecule has 0 spiro atoms. The van der Waals surface area contributed by atoms with Crippen molar-refractivity contribution in [2.24, 2.45) is 0 Å². The Morgan fingerprint density at radius 3 is 2.39 bits per heavy atom. The third-order valence-electron chi connectivity index (χ3n) is 3.80. The number of benzene rings is 2. The van der Waals surface area contributed by atoms with Gasteiger partial charge < -0.3 is 9.88 Å². The molecule has 1 heterocycles. The van der Waals surface area contributed by atoms with Crippen molar-refractivity contribution in [3.63, 3.8) is 0 Å². The summed E-state index contributed by atoms with van der Waals surface area (Å²) in [4.78, 5) is 0. The zero-order valence-corrected chi connectivity index (χ0v) is 10.6. The Hall–Kier alpha value is -1.58. The molecule has 1 aliphatic heterocycles. The van der Waals surface area contributed by atoms with Crippen molar-refractivity contribution in [1.29, 1.82) is 0 Å². The van der Waals surface area contributed by atoms with Crippen molar-refractivity contribution in [1.82, 2.24) is 5.23 Å². The van der Waals surface area contributed by atoms with Gasteiger partial charge in [-0.2, -0.15) is 10.9 Å². The van der Waals surface area contributed by atoms with E-state index in [4.69, 9.17) is 4.65 Å². The third-order valence-corrected chi connectivity index (χ3v) is 3.80. The van der Waals surface area contributed by atoms with E-state index in [2.05, 4.69) is 60.7 Å². The molecule has 1 saturated heterocycles. The zero-order valence-electron chi connectivity index (χ0n) is 10.6. The van der Waals surface area contributed by atoms with Gasteiger partial charge in [0.1, 0.15) is 0 Å². The molecule has 2 nitrogen and oxygen atoms in total. The van der Waals surface area contributed by atoms with Crippen molar-refractivity contribution >= 4 is 17.4 Å². The second-order valence-corrected chi connectivity index (χ2v) is 4.88. The van der Waals surface area contributed by atoms with Crippen molar-refractivity contribution < 1.29 is 4.65 Å². The summed E-state index contributed by atoms with van der Waals surface area (Å²) in [6.45, 7) is 2.57. The monoisotopic (exact) mass is 238 g/mol. The quantitative estimate of drug-likeness (QED) is 0.793. The highest BCUT2D eigenvalue weighted by atomic mass is 16.5. The van der Waals surface area contributed by atoms with Gasteiger partial charge in [-0.15, -0.1) is 0 Å². The van der Waals surface area contributed by atoms with Crippen molar-refractivity contribution in [3.8, 4) is 0 Å². The topological polar surface area (TPSA) is 21.3 Å². The predicted molar refractivity (Wildman–Crippen MR) is 76.6 cm³/mol. The molecule has 0 aromatic heterocycles. The molecule has 92 valence electrons. The molecule has 0 saturated carbocycles. The van der Waals surface area contributed by atoms with Gasteiger partial charge in [0.25, 0.3) is 0 Å². The standard InChI is InChI=1S/C15H17BNO/c1-13-7-5-6-10-15(13)16(17-11-12-18-16)14-8-3-2-4-9-14/h2-10,17H,11-12H2,1H3/q-1. The maximum absolute atomic E-state index is 6.14. The van der Waals surface area contributed by atoms with Gasteiger partial charge in [-0.1, -0.05) is 60.2 Å². The van der Waals surface area contributed by atoms with Crippen LogP contribution in [-0.4, -0.2) is 19.6 Å². The summed E-state index contributed by atoms with van der Waals surface area (Å²) < 4.78 is 6.14. The molecule has 3 heteroatoms. The van der Waals surface area contributed by atoms with Crippen LogP contribution in [0.2, 0.25) is 0 Å². The molecule has 1 aliphatic rings. The number of aryl methyl sites for hydroxylation is 1. The molecule has 1 atom stereocenters. The van der Waals surface area contributed by atoms with E-state index in [1.54, 1.807) is 0 Å². The van der Waals surface area contributed by atoms with Crippen molar-refractivity contribution in [2.45, 2.75) is 6.92 Å².